The summed E-state index contributed by atoms with van der Waals surface area (Å²) in [6.07, 6.45) is 6.38. The van der Waals surface area contributed by atoms with Gasteiger partial charge in [0.05, 0.1) is 5.69 Å². The fraction of sp³-hybridized carbons (Fsp3) is 0.615. The molecular weight excluding hydrogens is 228 g/mol. The van der Waals surface area contributed by atoms with E-state index in [9.17, 15) is 0 Å². The highest BCUT2D eigenvalue weighted by molar-refractivity contribution is 5.87. The molecule has 2 aromatic rings. The molecule has 0 saturated heterocycles. The van der Waals surface area contributed by atoms with Gasteiger partial charge in [-0.15, -0.1) is 0 Å². The molecule has 0 amide bonds. The molecule has 5 heteroatoms. The Bertz CT molecular complexity index is 557. The molecule has 3 rings (SSSR count). The average Bonchev–Trinajstić information content (AvgIpc) is 2.72. The minimum atomic E-state index is 0.519. The van der Waals surface area contributed by atoms with Crippen LogP contribution in [0, 0.1) is 13.8 Å². The Kier molecular flexibility index (Phi) is 2.89. The summed E-state index contributed by atoms with van der Waals surface area (Å²) >= 11 is 0. The summed E-state index contributed by atoms with van der Waals surface area (Å²) in [6.45, 7) is 3.81. The molecule has 0 atom stereocenters. The van der Waals surface area contributed by atoms with Gasteiger partial charge in [0.2, 0.25) is 0 Å². The fourth-order valence-electron chi connectivity index (χ4n) is 2.64. The first kappa shape index (κ1) is 11.4. The molecule has 1 N–H and O–H groups in total. The Balaban J connectivity index is 1.96. The smallest absolute Gasteiger partial charge is 0.263 e. The van der Waals surface area contributed by atoms with Crippen molar-refractivity contribution >= 4 is 16.9 Å². The number of fused-ring (bicyclic) bond motifs is 1. The van der Waals surface area contributed by atoms with Gasteiger partial charge in [0, 0.05) is 6.04 Å². The van der Waals surface area contributed by atoms with Crippen molar-refractivity contribution in [2.75, 3.05) is 5.32 Å². The third-order valence-electron chi connectivity index (χ3n) is 3.56. The molecule has 5 nitrogen and oxygen atoms in total. The SMILES string of the molecule is Cc1nc(NC2CCCCC2)c2c(C)noc2n1. The summed E-state index contributed by atoms with van der Waals surface area (Å²) in [7, 11) is 0. The van der Waals surface area contributed by atoms with Gasteiger partial charge in [0.1, 0.15) is 17.0 Å². The number of aromatic nitrogens is 3. The van der Waals surface area contributed by atoms with E-state index < -0.39 is 0 Å². The molecule has 1 saturated carbocycles. The van der Waals surface area contributed by atoms with Gasteiger partial charge in [-0.1, -0.05) is 24.4 Å². The van der Waals surface area contributed by atoms with Crippen LogP contribution >= 0.6 is 0 Å². The quantitative estimate of drug-likeness (QED) is 0.882. The summed E-state index contributed by atoms with van der Waals surface area (Å²) < 4.78 is 5.22. The number of hydrogen-bond acceptors (Lipinski definition) is 5. The first-order valence-electron chi connectivity index (χ1n) is 6.61. The second kappa shape index (κ2) is 4.55. The van der Waals surface area contributed by atoms with Crippen LogP contribution in [0.25, 0.3) is 11.1 Å². The topological polar surface area (TPSA) is 63.8 Å². The predicted molar refractivity (Wildman–Crippen MR) is 69.6 cm³/mol. The van der Waals surface area contributed by atoms with Crippen LogP contribution in [0.2, 0.25) is 0 Å². The highest BCUT2D eigenvalue weighted by atomic mass is 16.5. The van der Waals surface area contributed by atoms with Crippen LogP contribution in [0.1, 0.15) is 43.6 Å². The Morgan fingerprint density at radius 3 is 2.67 bits per heavy atom. The van der Waals surface area contributed by atoms with Crippen LogP contribution in [0.5, 0.6) is 0 Å². The van der Waals surface area contributed by atoms with Gasteiger partial charge >= 0.3 is 0 Å². The van der Waals surface area contributed by atoms with Crippen molar-refractivity contribution in [3.05, 3.63) is 11.5 Å². The van der Waals surface area contributed by atoms with E-state index in [1.165, 1.54) is 32.1 Å². The van der Waals surface area contributed by atoms with Gasteiger partial charge in [-0.3, -0.25) is 0 Å². The standard InChI is InChI=1S/C13H18N4O/c1-8-11-12(16-10-6-4-3-5-7-10)14-9(2)15-13(11)18-17-8/h10H,3-7H2,1-2H3,(H,14,15,16). The van der Waals surface area contributed by atoms with Gasteiger partial charge < -0.3 is 9.84 Å². The molecule has 0 unspecified atom stereocenters. The van der Waals surface area contributed by atoms with Crippen molar-refractivity contribution in [2.24, 2.45) is 0 Å². The van der Waals surface area contributed by atoms with Crippen LogP contribution in [0.15, 0.2) is 4.52 Å². The molecule has 1 aliphatic carbocycles. The summed E-state index contributed by atoms with van der Waals surface area (Å²) in [6, 6.07) is 0.519. The maximum atomic E-state index is 5.22. The van der Waals surface area contributed by atoms with E-state index >= 15 is 0 Å². The third-order valence-corrected chi connectivity index (χ3v) is 3.56. The maximum Gasteiger partial charge on any atom is 0.263 e. The van der Waals surface area contributed by atoms with Crippen LogP contribution in [-0.4, -0.2) is 21.2 Å². The van der Waals surface area contributed by atoms with Crippen molar-refractivity contribution in [1.29, 1.82) is 0 Å². The predicted octanol–water partition coefficient (Wildman–Crippen LogP) is 2.98. The molecule has 0 aromatic carbocycles. The lowest BCUT2D eigenvalue weighted by Crippen LogP contribution is -2.23. The lowest BCUT2D eigenvalue weighted by Gasteiger charge is -2.23. The molecular formula is C13H18N4O. The van der Waals surface area contributed by atoms with Crippen molar-refractivity contribution < 1.29 is 4.52 Å². The zero-order valence-electron chi connectivity index (χ0n) is 10.9. The summed E-state index contributed by atoms with van der Waals surface area (Å²) in [5.41, 5.74) is 1.43. The monoisotopic (exact) mass is 246 g/mol. The number of nitrogens with one attached hydrogen (secondary N) is 1. The number of aryl methyl sites for hydroxylation is 2. The van der Waals surface area contributed by atoms with Gasteiger partial charge in [-0.05, 0) is 26.7 Å². The molecule has 1 aliphatic rings. The van der Waals surface area contributed by atoms with Gasteiger partial charge in [-0.25, -0.2) is 4.98 Å². The first-order chi connectivity index (χ1) is 8.74. The molecule has 0 spiro atoms. The second-order valence-corrected chi connectivity index (χ2v) is 5.05. The van der Waals surface area contributed by atoms with Crippen molar-refractivity contribution in [3.8, 4) is 0 Å². The number of hydrogen-bond donors (Lipinski definition) is 1. The van der Waals surface area contributed by atoms with E-state index in [1.54, 1.807) is 0 Å². The molecule has 96 valence electrons. The largest absolute Gasteiger partial charge is 0.367 e. The van der Waals surface area contributed by atoms with E-state index in [0.717, 1.165) is 22.7 Å². The molecule has 0 radical (unpaired) electrons. The normalized spacial score (nSPS) is 17.2. The van der Waals surface area contributed by atoms with Crippen LogP contribution < -0.4 is 5.32 Å². The van der Waals surface area contributed by atoms with Crippen molar-refractivity contribution in [3.63, 3.8) is 0 Å². The van der Waals surface area contributed by atoms with Crippen molar-refractivity contribution in [1.82, 2.24) is 15.1 Å². The molecule has 18 heavy (non-hydrogen) atoms. The Morgan fingerprint density at radius 1 is 1.11 bits per heavy atom. The zero-order valence-corrected chi connectivity index (χ0v) is 10.9. The van der Waals surface area contributed by atoms with E-state index in [4.69, 9.17) is 4.52 Å². The number of nitrogens with zero attached hydrogens (tertiary/aromatic N) is 3. The highest BCUT2D eigenvalue weighted by Crippen LogP contribution is 2.27. The Hall–Kier alpha value is -1.65. The molecule has 0 bridgehead atoms. The maximum absolute atomic E-state index is 5.22. The first-order valence-corrected chi connectivity index (χ1v) is 6.61. The third kappa shape index (κ3) is 2.05. The summed E-state index contributed by atoms with van der Waals surface area (Å²) in [5, 5.41) is 8.44. The van der Waals surface area contributed by atoms with Gasteiger partial charge in [0.25, 0.3) is 5.71 Å². The minimum Gasteiger partial charge on any atom is -0.367 e. The van der Waals surface area contributed by atoms with E-state index in [-0.39, 0.29) is 0 Å². The zero-order chi connectivity index (χ0) is 12.5. The molecule has 0 aliphatic heterocycles. The second-order valence-electron chi connectivity index (χ2n) is 5.05. The van der Waals surface area contributed by atoms with Gasteiger partial charge in [0.15, 0.2) is 0 Å². The van der Waals surface area contributed by atoms with E-state index in [1.807, 2.05) is 13.8 Å². The lowest BCUT2D eigenvalue weighted by atomic mass is 9.95. The van der Waals surface area contributed by atoms with Crippen LogP contribution in [0.3, 0.4) is 0 Å². The van der Waals surface area contributed by atoms with E-state index in [0.29, 0.717) is 11.8 Å². The van der Waals surface area contributed by atoms with Crippen LogP contribution in [0.4, 0.5) is 5.82 Å². The Labute approximate surface area is 106 Å². The number of rotatable bonds is 2. The number of anilines is 1. The molecule has 2 aromatic heterocycles. The minimum absolute atomic E-state index is 0.519. The highest BCUT2D eigenvalue weighted by Gasteiger charge is 2.18. The Morgan fingerprint density at radius 2 is 1.89 bits per heavy atom. The summed E-state index contributed by atoms with van der Waals surface area (Å²) in [5.74, 6) is 1.60. The molecule has 2 heterocycles. The molecule has 1 fully saturated rings. The van der Waals surface area contributed by atoms with Gasteiger partial charge in [-0.2, -0.15) is 4.98 Å². The lowest BCUT2D eigenvalue weighted by molar-refractivity contribution is 0.442. The van der Waals surface area contributed by atoms with Crippen molar-refractivity contribution in [2.45, 2.75) is 52.0 Å². The van der Waals surface area contributed by atoms with E-state index in [2.05, 4.69) is 20.4 Å². The summed E-state index contributed by atoms with van der Waals surface area (Å²) in [4.78, 5) is 8.78. The van der Waals surface area contributed by atoms with Crippen LogP contribution in [-0.2, 0) is 0 Å². The fourth-order valence-corrected chi connectivity index (χ4v) is 2.64. The average molecular weight is 246 g/mol.